The lowest BCUT2D eigenvalue weighted by Gasteiger charge is -2.03. The number of amides is 1. The highest BCUT2D eigenvalue weighted by atomic mass is 16.6. The standard InChI is InChI=1S/C17H14N2O5/c1-9(20)19-17-16(23-10(2)21)14(22)15(24-17)12-7-8-18-13-6-4-3-5-11(12)13/h3-8,22H,1-2H3,(H,19,20). The van der Waals surface area contributed by atoms with Gasteiger partial charge in [0, 0.05) is 31.0 Å². The number of aromatic nitrogens is 1. The number of rotatable bonds is 3. The zero-order chi connectivity index (χ0) is 17.3. The first kappa shape index (κ1) is 15.5. The first-order valence-electron chi connectivity index (χ1n) is 7.13. The highest BCUT2D eigenvalue weighted by Crippen LogP contribution is 2.47. The average molecular weight is 326 g/mol. The Morgan fingerprint density at radius 3 is 2.67 bits per heavy atom. The van der Waals surface area contributed by atoms with E-state index >= 15 is 0 Å². The van der Waals surface area contributed by atoms with E-state index in [2.05, 4.69) is 10.3 Å². The average Bonchev–Trinajstić information content (AvgIpc) is 2.82. The van der Waals surface area contributed by atoms with Gasteiger partial charge < -0.3 is 14.3 Å². The molecular formula is C17H14N2O5. The lowest BCUT2D eigenvalue weighted by atomic mass is 10.1. The fraction of sp³-hybridized carbons (Fsp3) is 0.118. The summed E-state index contributed by atoms with van der Waals surface area (Å²) in [7, 11) is 0. The Balaban J connectivity index is 2.22. The number of ether oxygens (including phenoxy) is 1. The fourth-order valence-corrected chi connectivity index (χ4v) is 2.36. The number of esters is 1. The van der Waals surface area contributed by atoms with E-state index in [0.717, 1.165) is 5.39 Å². The summed E-state index contributed by atoms with van der Waals surface area (Å²) < 4.78 is 10.5. The number of anilines is 1. The third-order valence-corrected chi connectivity index (χ3v) is 3.27. The molecule has 0 aliphatic heterocycles. The van der Waals surface area contributed by atoms with Crippen molar-refractivity contribution < 1.29 is 23.8 Å². The molecule has 0 fully saturated rings. The molecule has 0 aliphatic rings. The molecule has 7 heteroatoms. The quantitative estimate of drug-likeness (QED) is 0.717. The van der Waals surface area contributed by atoms with Crippen molar-refractivity contribution in [3.63, 3.8) is 0 Å². The number of hydrogen-bond acceptors (Lipinski definition) is 6. The molecular weight excluding hydrogens is 312 g/mol. The number of nitrogens with one attached hydrogen (secondary N) is 1. The third-order valence-electron chi connectivity index (χ3n) is 3.27. The molecule has 0 aliphatic carbocycles. The molecule has 0 bridgehead atoms. The predicted molar refractivity (Wildman–Crippen MR) is 86.7 cm³/mol. The Hall–Kier alpha value is -3.35. The SMILES string of the molecule is CC(=O)Nc1oc(-c2ccnc3ccccc23)c(O)c1OC(C)=O. The van der Waals surface area contributed by atoms with E-state index in [1.54, 1.807) is 12.3 Å². The zero-order valence-electron chi connectivity index (χ0n) is 13.0. The van der Waals surface area contributed by atoms with E-state index in [0.29, 0.717) is 11.1 Å². The van der Waals surface area contributed by atoms with Crippen LogP contribution in [0.2, 0.25) is 0 Å². The van der Waals surface area contributed by atoms with Crippen LogP contribution in [0.5, 0.6) is 11.5 Å². The molecule has 2 aromatic heterocycles. The van der Waals surface area contributed by atoms with Gasteiger partial charge in [0.1, 0.15) is 0 Å². The Morgan fingerprint density at radius 2 is 1.96 bits per heavy atom. The van der Waals surface area contributed by atoms with Crippen LogP contribution in [0, 0.1) is 0 Å². The molecule has 3 aromatic rings. The van der Waals surface area contributed by atoms with Crippen LogP contribution in [-0.4, -0.2) is 22.0 Å². The van der Waals surface area contributed by atoms with Gasteiger partial charge in [-0.1, -0.05) is 18.2 Å². The lowest BCUT2D eigenvalue weighted by Crippen LogP contribution is -2.08. The summed E-state index contributed by atoms with van der Waals surface area (Å²) in [4.78, 5) is 26.8. The van der Waals surface area contributed by atoms with E-state index in [4.69, 9.17) is 9.15 Å². The fourth-order valence-electron chi connectivity index (χ4n) is 2.36. The van der Waals surface area contributed by atoms with Gasteiger partial charge in [0.15, 0.2) is 5.76 Å². The van der Waals surface area contributed by atoms with Crippen LogP contribution in [0.1, 0.15) is 13.8 Å². The van der Waals surface area contributed by atoms with Crippen LogP contribution in [-0.2, 0) is 9.59 Å². The van der Waals surface area contributed by atoms with E-state index in [9.17, 15) is 14.7 Å². The molecule has 0 radical (unpaired) electrons. The number of nitrogens with zero attached hydrogens (tertiary/aromatic N) is 1. The minimum Gasteiger partial charge on any atom is -0.502 e. The number of carbonyl (C=O) groups is 2. The largest absolute Gasteiger partial charge is 0.502 e. The number of benzene rings is 1. The van der Waals surface area contributed by atoms with E-state index in [1.807, 2.05) is 24.3 Å². The number of furan rings is 1. The molecule has 3 rings (SSSR count). The van der Waals surface area contributed by atoms with Crippen LogP contribution < -0.4 is 10.1 Å². The van der Waals surface area contributed by atoms with Gasteiger partial charge in [-0.15, -0.1) is 0 Å². The predicted octanol–water partition coefficient (Wildman–Crippen LogP) is 3.08. The number of carbonyl (C=O) groups excluding carboxylic acids is 2. The smallest absolute Gasteiger partial charge is 0.308 e. The molecule has 0 saturated heterocycles. The van der Waals surface area contributed by atoms with Gasteiger partial charge in [0.25, 0.3) is 0 Å². The first-order valence-corrected chi connectivity index (χ1v) is 7.13. The summed E-state index contributed by atoms with van der Waals surface area (Å²) >= 11 is 0. The van der Waals surface area contributed by atoms with Crippen molar-refractivity contribution in [2.24, 2.45) is 0 Å². The van der Waals surface area contributed by atoms with Gasteiger partial charge in [0.05, 0.1) is 5.52 Å². The third kappa shape index (κ3) is 2.79. The minimum atomic E-state index is -0.649. The second-order valence-corrected chi connectivity index (χ2v) is 5.09. The number of pyridine rings is 1. The Labute approximate surface area is 136 Å². The van der Waals surface area contributed by atoms with Crippen molar-refractivity contribution in [3.05, 3.63) is 36.5 Å². The van der Waals surface area contributed by atoms with Gasteiger partial charge in [-0.05, 0) is 12.1 Å². The number of aromatic hydroxyl groups is 1. The Morgan fingerprint density at radius 1 is 1.21 bits per heavy atom. The van der Waals surface area contributed by atoms with Gasteiger partial charge in [-0.3, -0.25) is 19.9 Å². The molecule has 24 heavy (non-hydrogen) atoms. The zero-order valence-corrected chi connectivity index (χ0v) is 13.0. The van der Waals surface area contributed by atoms with Crippen LogP contribution in [0.4, 0.5) is 5.88 Å². The molecule has 2 heterocycles. The summed E-state index contributed by atoms with van der Waals surface area (Å²) in [5.41, 5.74) is 1.27. The van der Waals surface area contributed by atoms with Gasteiger partial charge >= 0.3 is 5.97 Å². The molecule has 2 N–H and O–H groups in total. The van der Waals surface area contributed by atoms with E-state index in [-0.39, 0.29) is 23.1 Å². The molecule has 7 nitrogen and oxygen atoms in total. The van der Waals surface area contributed by atoms with Crippen molar-refractivity contribution >= 4 is 28.7 Å². The highest BCUT2D eigenvalue weighted by molar-refractivity contribution is 5.97. The summed E-state index contributed by atoms with van der Waals surface area (Å²) in [6.07, 6.45) is 1.57. The summed E-state index contributed by atoms with van der Waals surface area (Å²) in [5.74, 6) is -1.73. The number of hydrogen-bond donors (Lipinski definition) is 2. The monoisotopic (exact) mass is 326 g/mol. The molecule has 0 unspecified atom stereocenters. The minimum absolute atomic E-state index is 0.0774. The topological polar surface area (TPSA) is 102 Å². The van der Waals surface area contributed by atoms with Crippen molar-refractivity contribution in [3.8, 4) is 22.8 Å². The maximum atomic E-state index is 11.3. The van der Waals surface area contributed by atoms with E-state index < -0.39 is 11.9 Å². The van der Waals surface area contributed by atoms with Gasteiger partial charge in [-0.25, -0.2) is 0 Å². The van der Waals surface area contributed by atoms with Crippen LogP contribution >= 0.6 is 0 Å². The second kappa shape index (κ2) is 6.04. The van der Waals surface area contributed by atoms with Crippen LogP contribution in [0.25, 0.3) is 22.2 Å². The molecule has 122 valence electrons. The maximum Gasteiger partial charge on any atom is 0.308 e. The second-order valence-electron chi connectivity index (χ2n) is 5.09. The van der Waals surface area contributed by atoms with Gasteiger partial charge in [-0.2, -0.15) is 0 Å². The van der Waals surface area contributed by atoms with Crippen molar-refractivity contribution in [2.45, 2.75) is 13.8 Å². The van der Waals surface area contributed by atoms with Crippen molar-refractivity contribution in [2.75, 3.05) is 5.32 Å². The number of fused-ring (bicyclic) bond motifs is 1. The molecule has 1 amide bonds. The van der Waals surface area contributed by atoms with Crippen LogP contribution in [0.3, 0.4) is 0 Å². The van der Waals surface area contributed by atoms with Gasteiger partial charge in [0.2, 0.25) is 23.3 Å². The Kier molecular flexibility index (Phi) is 3.91. The van der Waals surface area contributed by atoms with Crippen molar-refractivity contribution in [1.82, 2.24) is 4.98 Å². The molecule has 0 atom stereocenters. The summed E-state index contributed by atoms with van der Waals surface area (Å²) in [6.45, 7) is 2.46. The summed E-state index contributed by atoms with van der Waals surface area (Å²) in [5, 5.41) is 13.6. The number of para-hydroxylation sites is 1. The summed E-state index contributed by atoms with van der Waals surface area (Å²) in [6, 6.07) is 8.98. The highest BCUT2D eigenvalue weighted by Gasteiger charge is 2.25. The van der Waals surface area contributed by atoms with Crippen molar-refractivity contribution in [1.29, 1.82) is 0 Å². The van der Waals surface area contributed by atoms with E-state index in [1.165, 1.54) is 13.8 Å². The molecule has 0 spiro atoms. The van der Waals surface area contributed by atoms with Crippen LogP contribution in [0.15, 0.2) is 40.9 Å². The lowest BCUT2D eigenvalue weighted by molar-refractivity contribution is -0.132. The molecule has 1 aromatic carbocycles. The molecule has 0 saturated carbocycles. The Bertz CT molecular complexity index is 940. The normalized spacial score (nSPS) is 10.6. The maximum absolute atomic E-state index is 11.3. The first-order chi connectivity index (χ1) is 11.5.